The predicted molar refractivity (Wildman–Crippen MR) is 171 cm³/mol. The van der Waals surface area contributed by atoms with E-state index in [1.807, 2.05) is 63.2 Å². The van der Waals surface area contributed by atoms with E-state index in [1.165, 1.54) is 4.31 Å². The molecule has 0 saturated carbocycles. The molecular formula is C32H39Cl2N3O4S. The van der Waals surface area contributed by atoms with Gasteiger partial charge in [0.05, 0.1) is 11.9 Å². The standard InChI is InChI=1S/C32H39Cl2N3O4S/c1-5-24(3)35-32(39)30(20-25-13-7-6-8-14-25)36(22-26-17-18-27(33)21-28(26)34)31(38)16-11-19-37(42(4,40)41)29-15-10-9-12-23(29)2/h6-10,12-15,17-18,21,24,30H,5,11,16,19-20,22H2,1-4H3,(H,35,39). The highest BCUT2D eigenvalue weighted by Crippen LogP contribution is 2.26. The van der Waals surface area contributed by atoms with Gasteiger partial charge in [-0.25, -0.2) is 8.42 Å². The van der Waals surface area contributed by atoms with Gasteiger partial charge in [-0.15, -0.1) is 0 Å². The molecule has 10 heteroatoms. The summed E-state index contributed by atoms with van der Waals surface area (Å²) in [5, 5.41) is 3.90. The SMILES string of the molecule is CCC(C)NC(=O)C(Cc1ccccc1)N(Cc1ccc(Cl)cc1Cl)C(=O)CCCN(c1ccccc1C)S(C)(=O)=O. The fourth-order valence-corrected chi connectivity index (χ4v) is 6.15. The predicted octanol–water partition coefficient (Wildman–Crippen LogP) is 6.40. The van der Waals surface area contributed by atoms with E-state index in [9.17, 15) is 18.0 Å². The minimum absolute atomic E-state index is 0.0327. The van der Waals surface area contributed by atoms with Crippen molar-refractivity contribution in [3.05, 3.63) is 99.5 Å². The number of carbonyl (C=O) groups excluding carboxylic acids is 2. The van der Waals surface area contributed by atoms with Crippen molar-refractivity contribution in [2.75, 3.05) is 17.1 Å². The molecule has 0 aliphatic carbocycles. The van der Waals surface area contributed by atoms with Crippen molar-refractivity contribution in [2.24, 2.45) is 0 Å². The van der Waals surface area contributed by atoms with Gasteiger partial charge in [0.2, 0.25) is 21.8 Å². The van der Waals surface area contributed by atoms with Crippen molar-refractivity contribution in [1.29, 1.82) is 0 Å². The van der Waals surface area contributed by atoms with Crippen LogP contribution >= 0.6 is 23.2 Å². The molecule has 226 valence electrons. The van der Waals surface area contributed by atoms with Gasteiger partial charge in [-0.3, -0.25) is 13.9 Å². The van der Waals surface area contributed by atoms with Crippen LogP contribution in [0.4, 0.5) is 5.69 Å². The number of carbonyl (C=O) groups is 2. The molecule has 0 spiro atoms. The van der Waals surface area contributed by atoms with E-state index in [2.05, 4.69) is 5.32 Å². The van der Waals surface area contributed by atoms with Crippen LogP contribution in [0.15, 0.2) is 72.8 Å². The summed E-state index contributed by atoms with van der Waals surface area (Å²) in [6.45, 7) is 5.96. The highest BCUT2D eigenvalue weighted by molar-refractivity contribution is 7.92. The first-order valence-electron chi connectivity index (χ1n) is 14.0. The highest BCUT2D eigenvalue weighted by atomic mass is 35.5. The maximum atomic E-state index is 14.0. The summed E-state index contributed by atoms with van der Waals surface area (Å²) in [7, 11) is -3.59. The number of amides is 2. The Balaban J connectivity index is 1.93. The fraction of sp³-hybridized carbons (Fsp3) is 0.375. The van der Waals surface area contributed by atoms with Crippen molar-refractivity contribution in [1.82, 2.24) is 10.2 Å². The molecule has 42 heavy (non-hydrogen) atoms. The number of aryl methyl sites for hydroxylation is 1. The normalized spacial score (nSPS) is 12.8. The van der Waals surface area contributed by atoms with Gasteiger partial charge in [0, 0.05) is 42.0 Å². The van der Waals surface area contributed by atoms with Crippen LogP contribution in [0.2, 0.25) is 10.0 Å². The van der Waals surface area contributed by atoms with Gasteiger partial charge in [0.25, 0.3) is 0 Å². The molecule has 0 fully saturated rings. The number of nitrogens with zero attached hydrogens (tertiary/aromatic N) is 2. The number of para-hydroxylation sites is 1. The second kappa shape index (κ2) is 15.4. The molecule has 2 unspecified atom stereocenters. The third-order valence-electron chi connectivity index (χ3n) is 7.16. The topological polar surface area (TPSA) is 86.8 Å². The van der Waals surface area contributed by atoms with E-state index < -0.39 is 16.1 Å². The number of anilines is 1. The Morgan fingerprint density at radius 2 is 1.64 bits per heavy atom. The Morgan fingerprint density at radius 1 is 0.976 bits per heavy atom. The molecule has 7 nitrogen and oxygen atoms in total. The van der Waals surface area contributed by atoms with Crippen LogP contribution in [-0.2, 0) is 32.6 Å². The summed E-state index contributed by atoms with van der Waals surface area (Å²) >= 11 is 12.6. The number of benzene rings is 3. The maximum absolute atomic E-state index is 14.0. The molecule has 2 amide bonds. The zero-order valence-electron chi connectivity index (χ0n) is 24.5. The first-order chi connectivity index (χ1) is 19.9. The van der Waals surface area contributed by atoms with E-state index >= 15 is 0 Å². The van der Waals surface area contributed by atoms with E-state index in [1.54, 1.807) is 35.2 Å². The molecule has 0 bridgehead atoms. The molecule has 0 radical (unpaired) electrons. The quantitative estimate of drug-likeness (QED) is 0.223. The second-order valence-electron chi connectivity index (χ2n) is 10.5. The molecule has 0 aliphatic heterocycles. The summed E-state index contributed by atoms with van der Waals surface area (Å²) in [4.78, 5) is 29.2. The van der Waals surface area contributed by atoms with Gasteiger partial charge >= 0.3 is 0 Å². The number of hydrogen-bond donors (Lipinski definition) is 1. The van der Waals surface area contributed by atoms with Crippen molar-refractivity contribution in [3.8, 4) is 0 Å². The third-order valence-corrected chi connectivity index (χ3v) is 8.93. The van der Waals surface area contributed by atoms with Gasteiger partial charge in [0.1, 0.15) is 6.04 Å². The number of nitrogens with one attached hydrogen (secondary N) is 1. The molecule has 3 rings (SSSR count). The van der Waals surface area contributed by atoms with Crippen LogP contribution in [0, 0.1) is 6.92 Å². The molecule has 1 N–H and O–H groups in total. The van der Waals surface area contributed by atoms with E-state index in [4.69, 9.17) is 23.2 Å². The largest absolute Gasteiger partial charge is 0.352 e. The lowest BCUT2D eigenvalue weighted by molar-refractivity contribution is -0.141. The Hall–Kier alpha value is -3.07. The zero-order valence-corrected chi connectivity index (χ0v) is 26.8. The number of halogens is 2. The third kappa shape index (κ3) is 9.48. The van der Waals surface area contributed by atoms with Crippen LogP contribution in [0.3, 0.4) is 0 Å². The summed E-state index contributed by atoms with van der Waals surface area (Å²) < 4.78 is 26.7. The van der Waals surface area contributed by atoms with Crippen LogP contribution in [0.25, 0.3) is 0 Å². The first kappa shape index (κ1) is 33.4. The number of sulfonamides is 1. The molecule has 3 aromatic rings. The van der Waals surface area contributed by atoms with Crippen LogP contribution in [0.5, 0.6) is 0 Å². The number of rotatable bonds is 14. The first-order valence-corrected chi connectivity index (χ1v) is 16.6. The molecule has 0 saturated heterocycles. The van der Waals surface area contributed by atoms with Crippen molar-refractivity contribution >= 4 is 50.7 Å². The van der Waals surface area contributed by atoms with Crippen LogP contribution in [0.1, 0.15) is 49.8 Å². The molecular weight excluding hydrogens is 593 g/mol. The molecule has 0 aliphatic rings. The minimum Gasteiger partial charge on any atom is -0.352 e. The lowest BCUT2D eigenvalue weighted by Gasteiger charge is -2.33. The summed E-state index contributed by atoms with van der Waals surface area (Å²) in [6, 6.07) is 20.9. The Kier molecular flexibility index (Phi) is 12.3. The van der Waals surface area contributed by atoms with Crippen molar-refractivity contribution in [3.63, 3.8) is 0 Å². The average molecular weight is 633 g/mol. The summed E-state index contributed by atoms with van der Waals surface area (Å²) in [6.07, 6.45) is 2.49. The van der Waals surface area contributed by atoms with Crippen LogP contribution < -0.4 is 9.62 Å². The van der Waals surface area contributed by atoms with E-state index in [0.29, 0.717) is 27.7 Å². The smallest absolute Gasteiger partial charge is 0.243 e. The van der Waals surface area contributed by atoms with E-state index in [0.717, 1.165) is 23.8 Å². The van der Waals surface area contributed by atoms with Gasteiger partial charge < -0.3 is 10.2 Å². The van der Waals surface area contributed by atoms with Crippen molar-refractivity contribution < 1.29 is 18.0 Å². The molecule has 0 aromatic heterocycles. The molecule has 0 heterocycles. The lowest BCUT2D eigenvalue weighted by atomic mass is 10.0. The Bertz CT molecular complexity index is 1470. The number of hydrogen-bond acceptors (Lipinski definition) is 4. The highest BCUT2D eigenvalue weighted by Gasteiger charge is 2.31. The fourth-order valence-electron chi connectivity index (χ4n) is 4.65. The summed E-state index contributed by atoms with van der Waals surface area (Å²) in [5.41, 5.74) is 2.95. The molecule has 2 atom stereocenters. The lowest BCUT2D eigenvalue weighted by Crippen LogP contribution is -2.52. The zero-order chi connectivity index (χ0) is 30.9. The maximum Gasteiger partial charge on any atom is 0.243 e. The minimum atomic E-state index is -3.59. The van der Waals surface area contributed by atoms with Crippen molar-refractivity contribution in [2.45, 2.75) is 65.1 Å². The monoisotopic (exact) mass is 631 g/mol. The van der Waals surface area contributed by atoms with Gasteiger partial charge in [-0.2, -0.15) is 0 Å². The van der Waals surface area contributed by atoms with E-state index in [-0.39, 0.29) is 43.8 Å². The average Bonchev–Trinajstić information content (AvgIpc) is 2.94. The second-order valence-corrected chi connectivity index (χ2v) is 13.3. The van der Waals surface area contributed by atoms with Gasteiger partial charge in [-0.1, -0.05) is 84.7 Å². The summed E-state index contributed by atoms with van der Waals surface area (Å²) in [5.74, 6) is -0.538. The van der Waals surface area contributed by atoms with Gasteiger partial charge in [-0.05, 0) is 61.6 Å². The van der Waals surface area contributed by atoms with Gasteiger partial charge in [0.15, 0.2) is 0 Å². The molecule has 3 aromatic carbocycles. The Morgan fingerprint density at radius 3 is 2.26 bits per heavy atom. The van der Waals surface area contributed by atoms with Crippen LogP contribution in [-0.4, -0.2) is 50.0 Å². The Labute approximate surface area is 259 Å².